The molecule has 2 heteroatoms. The minimum atomic E-state index is 0.472. The number of aryl methyl sites for hydroxylation is 1. The van der Waals surface area contributed by atoms with E-state index in [1.165, 1.54) is 37.7 Å². The first-order valence-corrected chi connectivity index (χ1v) is 8.75. The predicted octanol–water partition coefficient (Wildman–Crippen LogP) is 4.16. The van der Waals surface area contributed by atoms with Gasteiger partial charge in [0.1, 0.15) is 0 Å². The van der Waals surface area contributed by atoms with E-state index in [2.05, 4.69) is 62.3 Å². The van der Waals surface area contributed by atoms with E-state index >= 15 is 0 Å². The van der Waals surface area contributed by atoms with Crippen molar-refractivity contribution in [2.45, 2.75) is 71.0 Å². The number of rotatable bonds is 6. The first-order chi connectivity index (χ1) is 10.2. The summed E-state index contributed by atoms with van der Waals surface area (Å²) in [6, 6.07) is 10.8. The Labute approximate surface area is 130 Å². The van der Waals surface area contributed by atoms with E-state index in [-0.39, 0.29) is 0 Å². The highest BCUT2D eigenvalue weighted by Gasteiger charge is 2.31. The highest BCUT2D eigenvalue weighted by Crippen LogP contribution is 2.33. The van der Waals surface area contributed by atoms with Crippen molar-refractivity contribution in [3.63, 3.8) is 0 Å². The summed E-state index contributed by atoms with van der Waals surface area (Å²) in [4.78, 5) is 2.65. The molecular formula is C19H32N2. The fourth-order valence-electron chi connectivity index (χ4n) is 3.98. The molecule has 2 nitrogen and oxygen atoms in total. The average molecular weight is 288 g/mol. The number of fused-ring (bicyclic) bond motifs is 1. The van der Waals surface area contributed by atoms with Crippen molar-refractivity contribution in [1.82, 2.24) is 10.2 Å². The number of hydrogen-bond donors (Lipinski definition) is 1. The van der Waals surface area contributed by atoms with Crippen LogP contribution in [0.25, 0.3) is 0 Å². The Morgan fingerprint density at radius 2 is 1.90 bits per heavy atom. The maximum atomic E-state index is 3.77. The molecule has 1 aliphatic carbocycles. The topological polar surface area (TPSA) is 15.3 Å². The quantitative estimate of drug-likeness (QED) is 0.791. The fourth-order valence-corrected chi connectivity index (χ4v) is 3.98. The number of hydrogen-bond acceptors (Lipinski definition) is 2. The number of nitrogens with one attached hydrogen (secondary N) is 1. The highest BCUT2D eigenvalue weighted by molar-refractivity contribution is 5.32. The molecule has 0 fully saturated rings. The van der Waals surface area contributed by atoms with Crippen molar-refractivity contribution < 1.29 is 0 Å². The summed E-state index contributed by atoms with van der Waals surface area (Å²) in [5, 5.41) is 3.77. The molecular weight excluding hydrogens is 256 g/mol. The number of likely N-dealkylation sites (N-methyl/N-ethyl adjacent to an activating group) is 2. The van der Waals surface area contributed by atoms with Gasteiger partial charge in [-0.1, -0.05) is 45.0 Å². The maximum Gasteiger partial charge on any atom is 0.0480 e. The minimum absolute atomic E-state index is 0.472. The fraction of sp³-hybridized carbons (Fsp3) is 0.684. The third-order valence-electron chi connectivity index (χ3n) is 5.19. The summed E-state index contributed by atoms with van der Waals surface area (Å²) in [5.41, 5.74) is 3.07. The van der Waals surface area contributed by atoms with Gasteiger partial charge in [0.05, 0.1) is 0 Å². The van der Waals surface area contributed by atoms with Crippen molar-refractivity contribution in [3.05, 3.63) is 35.4 Å². The highest BCUT2D eigenvalue weighted by atomic mass is 15.2. The summed E-state index contributed by atoms with van der Waals surface area (Å²) < 4.78 is 0. The molecule has 2 atom stereocenters. The van der Waals surface area contributed by atoms with Gasteiger partial charge in [0.25, 0.3) is 0 Å². The average Bonchev–Trinajstić information content (AvgIpc) is 2.69. The molecule has 2 rings (SSSR count). The van der Waals surface area contributed by atoms with Crippen molar-refractivity contribution in [2.24, 2.45) is 0 Å². The second kappa shape index (κ2) is 7.95. The summed E-state index contributed by atoms with van der Waals surface area (Å²) in [7, 11) is 2.33. The molecule has 0 bridgehead atoms. The van der Waals surface area contributed by atoms with Crippen molar-refractivity contribution in [1.29, 1.82) is 0 Å². The van der Waals surface area contributed by atoms with Crippen LogP contribution in [0.1, 0.15) is 63.6 Å². The molecule has 0 heterocycles. The molecule has 1 aromatic rings. The molecule has 0 saturated carbocycles. The molecule has 118 valence electrons. The minimum Gasteiger partial charge on any atom is -0.309 e. The molecule has 0 amide bonds. The van der Waals surface area contributed by atoms with Gasteiger partial charge >= 0.3 is 0 Å². The van der Waals surface area contributed by atoms with Crippen LogP contribution in [0.5, 0.6) is 0 Å². The van der Waals surface area contributed by atoms with E-state index in [4.69, 9.17) is 0 Å². The van der Waals surface area contributed by atoms with Gasteiger partial charge < -0.3 is 5.32 Å². The Morgan fingerprint density at radius 3 is 2.57 bits per heavy atom. The molecule has 1 aromatic carbocycles. The number of benzene rings is 1. The Kier molecular flexibility index (Phi) is 6.25. The lowest BCUT2D eigenvalue weighted by molar-refractivity contribution is 0.123. The smallest absolute Gasteiger partial charge is 0.0480 e. The van der Waals surface area contributed by atoms with Gasteiger partial charge in [-0.2, -0.15) is 0 Å². The van der Waals surface area contributed by atoms with E-state index in [0.717, 1.165) is 6.54 Å². The van der Waals surface area contributed by atoms with Crippen LogP contribution in [-0.4, -0.2) is 30.6 Å². The summed E-state index contributed by atoms with van der Waals surface area (Å²) >= 11 is 0. The van der Waals surface area contributed by atoms with Gasteiger partial charge in [-0.25, -0.2) is 0 Å². The molecule has 0 saturated heterocycles. The third kappa shape index (κ3) is 3.67. The zero-order chi connectivity index (χ0) is 15.2. The molecule has 2 unspecified atom stereocenters. The van der Waals surface area contributed by atoms with Gasteiger partial charge in [-0.3, -0.25) is 4.90 Å². The Balaban J connectivity index is 2.31. The van der Waals surface area contributed by atoms with Gasteiger partial charge in [0, 0.05) is 18.1 Å². The summed E-state index contributed by atoms with van der Waals surface area (Å²) in [5.74, 6) is 0. The third-order valence-corrected chi connectivity index (χ3v) is 5.19. The lowest BCUT2D eigenvalue weighted by Crippen LogP contribution is -2.47. The molecule has 0 radical (unpaired) electrons. The SMILES string of the molecule is CCNC1c2ccccc2CCCC1N(C)C(CC)CC. The molecule has 1 aliphatic rings. The molecule has 0 aromatic heterocycles. The zero-order valence-corrected chi connectivity index (χ0v) is 14.2. The van der Waals surface area contributed by atoms with Gasteiger partial charge in [0.2, 0.25) is 0 Å². The van der Waals surface area contributed by atoms with E-state index in [1.807, 2.05) is 0 Å². The van der Waals surface area contributed by atoms with Crippen LogP contribution in [0.15, 0.2) is 24.3 Å². The van der Waals surface area contributed by atoms with E-state index in [0.29, 0.717) is 18.1 Å². The first-order valence-electron chi connectivity index (χ1n) is 8.75. The second-order valence-corrected chi connectivity index (χ2v) is 6.33. The Morgan fingerprint density at radius 1 is 1.19 bits per heavy atom. The maximum absolute atomic E-state index is 3.77. The lowest BCUT2D eigenvalue weighted by atomic mass is 9.93. The first kappa shape index (κ1) is 16.5. The standard InChI is InChI=1S/C19H32N2/c1-5-16(6-2)21(4)18-14-10-12-15-11-8-9-13-17(15)19(18)20-7-3/h8-9,11,13,16,18-20H,5-7,10,12,14H2,1-4H3. The van der Waals surface area contributed by atoms with Crippen LogP contribution in [0.2, 0.25) is 0 Å². The van der Waals surface area contributed by atoms with Crippen LogP contribution in [0.4, 0.5) is 0 Å². The normalized spacial score (nSPS) is 22.4. The van der Waals surface area contributed by atoms with E-state index in [1.54, 1.807) is 5.56 Å². The van der Waals surface area contributed by atoms with Crippen molar-refractivity contribution in [2.75, 3.05) is 13.6 Å². The van der Waals surface area contributed by atoms with Crippen LogP contribution < -0.4 is 5.32 Å². The molecule has 1 N–H and O–H groups in total. The Hall–Kier alpha value is -0.860. The monoisotopic (exact) mass is 288 g/mol. The second-order valence-electron chi connectivity index (χ2n) is 6.33. The van der Waals surface area contributed by atoms with Gasteiger partial charge in [-0.05, 0) is 56.8 Å². The van der Waals surface area contributed by atoms with Crippen LogP contribution >= 0.6 is 0 Å². The predicted molar refractivity (Wildman–Crippen MR) is 91.7 cm³/mol. The van der Waals surface area contributed by atoms with Gasteiger partial charge in [0.15, 0.2) is 0 Å². The van der Waals surface area contributed by atoms with Crippen molar-refractivity contribution >= 4 is 0 Å². The largest absolute Gasteiger partial charge is 0.309 e. The van der Waals surface area contributed by atoms with Gasteiger partial charge in [-0.15, -0.1) is 0 Å². The molecule has 0 spiro atoms. The van der Waals surface area contributed by atoms with Crippen molar-refractivity contribution in [3.8, 4) is 0 Å². The van der Waals surface area contributed by atoms with E-state index < -0.39 is 0 Å². The van der Waals surface area contributed by atoms with Crippen LogP contribution in [0.3, 0.4) is 0 Å². The molecule has 21 heavy (non-hydrogen) atoms. The molecule has 0 aliphatic heterocycles. The van der Waals surface area contributed by atoms with Crippen LogP contribution in [0, 0.1) is 0 Å². The summed E-state index contributed by atoms with van der Waals surface area (Å²) in [6.45, 7) is 7.89. The number of nitrogens with zero attached hydrogens (tertiary/aromatic N) is 1. The summed E-state index contributed by atoms with van der Waals surface area (Å²) in [6.07, 6.45) is 6.30. The lowest BCUT2D eigenvalue weighted by Gasteiger charge is -2.39. The van der Waals surface area contributed by atoms with E-state index in [9.17, 15) is 0 Å². The van der Waals surface area contributed by atoms with Crippen LogP contribution in [-0.2, 0) is 6.42 Å². The Bertz CT molecular complexity index is 425. The zero-order valence-electron chi connectivity index (χ0n) is 14.2.